The highest BCUT2D eigenvalue weighted by Gasteiger charge is 2.31. The number of carbonyl (C=O) groups is 1. The summed E-state index contributed by atoms with van der Waals surface area (Å²) >= 11 is 0. The van der Waals surface area contributed by atoms with Crippen LogP contribution in [-0.2, 0) is 14.9 Å². The first-order valence-electron chi connectivity index (χ1n) is 6.21. The topological polar surface area (TPSA) is 26.3 Å². The molecule has 0 bridgehead atoms. The van der Waals surface area contributed by atoms with Crippen molar-refractivity contribution in [1.29, 1.82) is 0 Å². The lowest BCUT2D eigenvalue weighted by Gasteiger charge is -2.24. The van der Waals surface area contributed by atoms with Crippen LogP contribution in [0.5, 0.6) is 0 Å². The molecule has 94 valence electrons. The molecule has 0 saturated carbocycles. The van der Waals surface area contributed by atoms with Gasteiger partial charge in [-0.25, -0.2) is 0 Å². The van der Waals surface area contributed by atoms with Crippen molar-refractivity contribution in [2.45, 2.75) is 39.5 Å². The van der Waals surface area contributed by atoms with Gasteiger partial charge in [-0.2, -0.15) is 0 Å². The van der Waals surface area contributed by atoms with E-state index in [1.165, 1.54) is 0 Å². The summed E-state index contributed by atoms with van der Waals surface area (Å²) in [4.78, 5) is 12.1. The molecule has 1 unspecified atom stereocenters. The maximum absolute atomic E-state index is 12.1. The third-order valence-corrected chi connectivity index (χ3v) is 3.20. The Hall–Kier alpha value is -1.31. The normalized spacial score (nSPS) is 13.2. The Labute approximate surface area is 104 Å². The van der Waals surface area contributed by atoms with Crippen molar-refractivity contribution in [2.75, 3.05) is 6.61 Å². The van der Waals surface area contributed by atoms with Crippen LogP contribution in [0.1, 0.15) is 39.7 Å². The van der Waals surface area contributed by atoms with Crippen LogP contribution >= 0.6 is 0 Å². The van der Waals surface area contributed by atoms with Gasteiger partial charge in [0.25, 0.3) is 0 Å². The van der Waals surface area contributed by atoms with Crippen molar-refractivity contribution in [1.82, 2.24) is 0 Å². The summed E-state index contributed by atoms with van der Waals surface area (Å²) in [7, 11) is 0. The van der Waals surface area contributed by atoms with E-state index in [2.05, 4.69) is 13.8 Å². The van der Waals surface area contributed by atoms with Crippen molar-refractivity contribution in [3.05, 3.63) is 35.9 Å². The minimum absolute atomic E-state index is 0.149. The van der Waals surface area contributed by atoms with Gasteiger partial charge in [0.2, 0.25) is 0 Å². The maximum Gasteiger partial charge on any atom is 0.315 e. The molecule has 1 atom stereocenters. The zero-order valence-electron chi connectivity index (χ0n) is 11.2. The average Bonchev–Trinajstić information content (AvgIpc) is 2.36. The van der Waals surface area contributed by atoms with E-state index < -0.39 is 5.41 Å². The van der Waals surface area contributed by atoms with Crippen molar-refractivity contribution in [2.24, 2.45) is 5.92 Å². The van der Waals surface area contributed by atoms with Crippen LogP contribution in [0.15, 0.2) is 30.3 Å². The monoisotopic (exact) mass is 234 g/mol. The second-order valence-electron chi connectivity index (χ2n) is 5.10. The predicted octanol–water partition coefficient (Wildman–Crippen LogP) is 3.55. The second kappa shape index (κ2) is 5.85. The van der Waals surface area contributed by atoms with E-state index in [4.69, 9.17) is 4.74 Å². The van der Waals surface area contributed by atoms with Crippen LogP contribution in [0, 0.1) is 5.92 Å². The average molecular weight is 234 g/mol. The molecule has 0 aliphatic rings. The molecule has 0 aromatic heterocycles. The van der Waals surface area contributed by atoms with Crippen LogP contribution in [0.25, 0.3) is 0 Å². The predicted molar refractivity (Wildman–Crippen MR) is 69.9 cm³/mol. The van der Waals surface area contributed by atoms with Gasteiger partial charge in [0, 0.05) is 0 Å². The first-order valence-corrected chi connectivity index (χ1v) is 6.21. The lowest BCUT2D eigenvalue weighted by Crippen LogP contribution is -2.32. The lowest BCUT2D eigenvalue weighted by molar-refractivity contribution is -0.150. The van der Waals surface area contributed by atoms with E-state index >= 15 is 0 Å². The molecule has 0 aliphatic heterocycles. The molecule has 0 amide bonds. The van der Waals surface area contributed by atoms with Crippen LogP contribution in [-0.4, -0.2) is 12.6 Å². The second-order valence-corrected chi connectivity index (χ2v) is 5.10. The summed E-state index contributed by atoms with van der Waals surface area (Å²) in [5.74, 6) is 0.273. The van der Waals surface area contributed by atoms with Gasteiger partial charge >= 0.3 is 5.97 Å². The Morgan fingerprint density at radius 2 is 1.88 bits per heavy atom. The van der Waals surface area contributed by atoms with E-state index in [-0.39, 0.29) is 5.97 Å². The molecule has 0 saturated heterocycles. The number of benzene rings is 1. The fourth-order valence-corrected chi connectivity index (χ4v) is 1.49. The van der Waals surface area contributed by atoms with Crippen LogP contribution in [0.4, 0.5) is 0 Å². The number of ether oxygens (including phenoxy) is 1. The van der Waals surface area contributed by atoms with E-state index in [1.807, 2.05) is 44.2 Å². The number of esters is 1. The molecule has 2 heteroatoms. The van der Waals surface area contributed by atoms with Gasteiger partial charge in [-0.05, 0) is 25.3 Å². The molecule has 0 N–H and O–H groups in total. The molecule has 0 spiro atoms. The molecular formula is C15H22O2. The first kappa shape index (κ1) is 13.8. The summed E-state index contributed by atoms with van der Waals surface area (Å²) in [6.45, 7) is 8.50. The molecule has 17 heavy (non-hydrogen) atoms. The summed E-state index contributed by atoms with van der Waals surface area (Å²) in [6, 6.07) is 9.76. The SMILES string of the molecule is CCC(C)COC(=O)C(C)(C)c1ccccc1. The summed E-state index contributed by atoms with van der Waals surface area (Å²) in [5, 5.41) is 0. The Kier molecular flexibility index (Phi) is 4.73. The highest BCUT2D eigenvalue weighted by atomic mass is 16.5. The quantitative estimate of drug-likeness (QED) is 0.728. The number of rotatable bonds is 5. The summed E-state index contributed by atoms with van der Waals surface area (Å²) < 4.78 is 5.37. The van der Waals surface area contributed by atoms with E-state index in [0.717, 1.165) is 12.0 Å². The Bertz CT molecular complexity index is 354. The smallest absolute Gasteiger partial charge is 0.315 e. The summed E-state index contributed by atoms with van der Waals surface area (Å²) in [6.07, 6.45) is 1.03. The molecule has 0 fully saturated rings. The van der Waals surface area contributed by atoms with Gasteiger partial charge in [0.15, 0.2) is 0 Å². The molecule has 0 aliphatic carbocycles. The lowest BCUT2D eigenvalue weighted by atomic mass is 9.85. The number of carbonyl (C=O) groups excluding carboxylic acids is 1. The highest BCUT2D eigenvalue weighted by Crippen LogP contribution is 2.24. The molecule has 1 rings (SSSR count). The minimum Gasteiger partial charge on any atom is -0.465 e. The van der Waals surface area contributed by atoms with E-state index in [9.17, 15) is 4.79 Å². The molecule has 0 heterocycles. The fourth-order valence-electron chi connectivity index (χ4n) is 1.49. The van der Waals surface area contributed by atoms with Crippen molar-refractivity contribution in [3.8, 4) is 0 Å². The Morgan fingerprint density at radius 1 is 1.29 bits per heavy atom. The van der Waals surface area contributed by atoms with Crippen molar-refractivity contribution < 1.29 is 9.53 Å². The van der Waals surface area contributed by atoms with Crippen molar-refractivity contribution >= 4 is 5.97 Å². The number of hydrogen-bond acceptors (Lipinski definition) is 2. The van der Waals surface area contributed by atoms with Crippen LogP contribution in [0.2, 0.25) is 0 Å². The summed E-state index contributed by atoms with van der Waals surface area (Å²) in [5.41, 5.74) is 0.420. The number of hydrogen-bond donors (Lipinski definition) is 0. The zero-order chi connectivity index (χ0) is 12.9. The van der Waals surface area contributed by atoms with Gasteiger partial charge < -0.3 is 4.74 Å². The van der Waals surface area contributed by atoms with Gasteiger partial charge in [0.05, 0.1) is 12.0 Å². The van der Waals surface area contributed by atoms with Gasteiger partial charge in [-0.3, -0.25) is 4.79 Å². The van der Waals surface area contributed by atoms with Crippen molar-refractivity contribution in [3.63, 3.8) is 0 Å². The van der Waals surface area contributed by atoms with Gasteiger partial charge in [0.1, 0.15) is 0 Å². The fraction of sp³-hybridized carbons (Fsp3) is 0.533. The van der Waals surface area contributed by atoms with Crippen LogP contribution < -0.4 is 0 Å². The first-order chi connectivity index (χ1) is 7.98. The molecule has 1 aromatic rings. The Balaban J connectivity index is 2.67. The van der Waals surface area contributed by atoms with E-state index in [1.54, 1.807) is 0 Å². The largest absolute Gasteiger partial charge is 0.465 e. The molecule has 2 nitrogen and oxygen atoms in total. The van der Waals surface area contributed by atoms with E-state index in [0.29, 0.717) is 12.5 Å². The molecule has 1 aromatic carbocycles. The zero-order valence-corrected chi connectivity index (χ0v) is 11.2. The van der Waals surface area contributed by atoms with Gasteiger partial charge in [-0.15, -0.1) is 0 Å². The third kappa shape index (κ3) is 3.58. The minimum atomic E-state index is -0.575. The highest BCUT2D eigenvalue weighted by molar-refractivity contribution is 5.82. The molecular weight excluding hydrogens is 212 g/mol. The maximum atomic E-state index is 12.1. The molecule has 0 radical (unpaired) electrons. The third-order valence-electron chi connectivity index (χ3n) is 3.20. The van der Waals surface area contributed by atoms with Crippen LogP contribution in [0.3, 0.4) is 0 Å². The van der Waals surface area contributed by atoms with Gasteiger partial charge in [-0.1, -0.05) is 50.6 Å². The Morgan fingerprint density at radius 3 is 2.41 bits per heavy atom. The standard InChI is InChI=1S/C15H22O2/c1-5-12(2)11-17-14(16)15(3,4)13-9-7-6-8-10-13/h6-10,12H,5,11H2,1-4H3.